The van der Waals surface area contributed by atoms with Crippen molar-refractivity contribution in [1.82, 2.24) is 14.9 Å². The number of nitrogens with zero attached hydrogens (tertiary/aromatic N) is 2. The van der Waals surface area contributed by atoms with Crippen molar-refractivity contribution in [1.29, 1.82) is 0 Å². The molecule has 1 fully saturated rings. The predicted molar refractivity (Wildman–Crippen MR) is 94.7 cm³/mol. The molecule has 0 spiro atoms. The van der Waals surface area contributed by atoms with E-state index in [4.69, 9.17) is 0 Å². The van der Waals surface area contributed by atoms with Gasteiger partial charge in [0.15, 0.2) is 0 Å². The maximum atomic E-state index is 12.4. The van der Waals surface area contributed by atoms with Gasteiger partial charge in [-0.3, -0.25) is 14.2 Å². The lowest BCUT2D eigenvalue weighted by molar-refractivity contribution is -0.122. The highest BCUT2D eigenvalue weighted by molar-refractivity contribution is 5.77. The number of nitrogens with one attached hydrogen (secondary N) is 1. The largest absolute Gasteiger partial charge is 0.353 e. The second-order valence-corrected chi connectivity index (χ2v) is 6.95. The molecule has 1 aliphatic rings. The second-order valence-electron chi connectivity index (χ2n) is 6.95. The molecule has 5 heteroatoms. The molecule has 2 aromatic rings. The highest BCUT2D eigenvalue weighted by Gasteiger charge is 2.27. The van der Waals surface area contributed by atoms with E-state index in [1.165, 1.54) is 23.7 Å². The fraction of sp³-hybridized carbons (Fsp3) is 0.526. The number of aromatic nitrogens is 2. The van der Waals surface area contributed by atoms with Crippen LogP contribution >= 0.6 is 0 Å². The van der Waals surface area contributed by atoms with Crippen molar-refractivity contribution in [2.24, 2.45) is 11.8 Å². The number of benzene rings is 1. The average molecular weight is 327 g/mol. The van der Waals surface area contributed by atoms with Crippen LogP contribution in [0.5, 0.6) is 0 Å². The van der Waals surface area contributed by atoms with E-state index in [0.717, 1.165) is 6.42 Å². The number of carbonyl (C=O) groups excluding carboxylic acids is 1. The van der Waals surface area contributed by atoms with Gasteiger partial charge in [0.05, 0.1) is 17.2 Å². The van der Waals surface area contributed by atoms with Crippen molar-refractivity contribution in [2.45, 2.75) is 52.1 Å². The summed E-state index contributed by atoms with van der Waals surface area (Å²) in [4.78, 5) is 29.0. The van der Waals surface area contributed by atoms with Gasteiger partial charge in [-0.2, -0.15) is 0 Å². The van der Waals surface area contributed by atoms with Crippen molar-refractivity contribution >= 4 is 16.8 Å². The number of fused-ring (bicyclic) bond motifs is 1. The van der Waals surface area contributed by atoms with Gasteiger partial charge in [-0.25, -0.2) is 4.98 Å². The lowest BCUT2D eigenvalue weighted by Gasteiger charge is -2.34. The number of rotatable bonds is 4. The molecule has 1 saturated carbocycles. The summed E-state index contributed by atoms with van der Waals surface area (Å²) < 4.78 is 1.52. The van der Waals surface area contributed by atoms with Gasteiger partial charge in [-0.1, -0.05) is 38.8 Å². The first-order valence-electron chi connectivity index (χ1n) is 8.80. The number of hydrogen-bond acceptors (Lipinski definition) is 3. The molecular weight excluding hydrogens is 302 g/mol. The maximum Gasteiger partial charge on any atom is 0.261 e. The first kappa shape index (κ1) is 16.7. The van der Waals surface area contributed by atoms with Gasteiger partial charge >= 0.3 is 0 Å². The van der Waals surface area contributed by atoms with Crippen LogP contribution in [0.1, 0.15) is 39.5 Å². The van der Waals surface area contributed by atoms with Crippen LogP contribution in [0.3, 0.4) is 0 Å². The molecule has 1 heterocycles. The van der Waals surface area contributed by atoms with E-state index in [0.29, 0.717) is 35.7 Å². The lowest BCUT2D eigenvalue weighted by Crippen LogP contribution is -2.44. The van der Waals surface area contributed by atoms with Crippen molar-refractivity contribution in [3.63, 3.8) is 0 Å². The summed E-state index contributed by atoms with van der Waals surface area (Å²) in [5.74, 6) is 1.17. The molecule has 0 radical (unpaired) electrons. The third kappa shape index (κ3) is 3.50. The Morgan fingerprint density at radius 1 is 1.29 bits per heavy atom. The Kier molecular flexibility index (Phi) is 4.97. The summed E-state index contributed by atoms with van der Waals surface area (Å²) in [6.45, 7) is 4.83. The lowest BCUT2D eigenvalue weighted by atomic mass is 9.78. The minimum atomic E-state index is -0.0898. The predicted octanol–water partition coefficient (Wildman–Crippen LogP) is 2.73. The van der Waals surface area contributed by atoms with Gasteiger partial charge in [0.25, 0.3) is 5.56 Å². The molecule has 1 aliphatic carbocycles. The monoisotopic (exact) mass is 327 g/mol. The Morgan fingerprint density at radius 2 is 2.08 bits per heavy atom. The molecule has 3 atom stereocenters. The fourth-order valence-electron chi connectivity index (χ4n) is 3.55. The van der Waals surface area contributed by atoms with E-state index in [2.05, 4.69) is 24.1 Å². The third-order valence-corrected chi connectivity index (χ3v) is 5.36. The molecule has 0 saturated heterocycles. The second kappa shape index (κ2) is 7.16. The highest BCUT2D eigenvalue weighted by atomic mass is 16.2. The molecule has 0 bridgehead atoms. The quantitative estimate of drug-likeness (QED) is 0.939. The average Bonchev–Trinajstić information content (AvgIpc) is 2.59. The maximum absolute atomic E-state index is 12.4. The minimum absolute atomic E-state index is 0.0148. The Labute approximate surface area is 142 Å². The highest BCUT2D eigenvalue weighted by Crippen LogP contribution is 2.29. The van der Waals surface area contributed by atoms with E-state index in [1.54, 1.807) is 6.07 Å². The Balaban J connectivity index is 1.62. The normalized spacial score (nSPS) is 24.0. The van der Waals surface area contributed by atoms with Crippen LogP contribution in [-0.2, 0) is 11.3 Å². The topological polar surface area (TPSA) is 64.0 Å². The van der Waals surface area contributed by atoms with Crippen LogP contribution in [0, 0.1) is 11.8 Å². The van der Waals surface area contributed by atoms with Gasteiger partial charge in [0, 0.05) is 19.0 Å². The zero-order valence-corrected chi connectivity index (χ0v) is 14.4. The molecule has 24 heavy (non-hydrogen) atoms. The Morgan fingerprint density at radius 3 is 2.92 bits per heavy atom. The third-order valence-electron chi connectivity index (χ3n) is 5.36. The number of carbonyl (C=O) groups is 1. The summed E-state index contributed by atoms with van der Waals surface area (Å²) >= 11 is 0. The molecule has 1 N–H and O–H groups in total. The van der Waals surface area contributed by atoms with E-state index in [9.17, 15) is 9.59 Å². The molecule has 3 rings (SSSR count). The zero-order chi connectivity index (χ0) is 17.1. The van der Waals surface area contributed by atoms with Gasteiger partial charge in [-0.15, -0.1) is 0 Å². The minimum Gasteiger partial charge on any atom is -0.353 e. The molecule has 128 valence electrons. The van der Waals surface area contributed by atoms with E-state index >= 15 is 0 Å². The van der Waals surface area contributed by atoms with E-state index in [1.807, 2.05) is 18.2 Å². The molecule has 0 aliphatic heterocycles. The van der Waals surface area contributed by atoms with Crippen LogP contribution in [0.15, 0.2) is 35.4 Å². The molecule has 1 amide bonds. The van der Waals surface area contributed by atoms with Crippen LogP contribution < -0.4 is 10.9 Å². The Hall–Kier alpha value is -2.17. The molecular formula is C19H25N3O2. The first-order chi connectivity index (χ1) is 11.6. The van der Waals surface area contributed by atoms with Gasteiger partial charge in [-0.05, 0) is 30.4 Å². The van der Waals surface area contributed by atoms with Crippen molar-refractivity contribution in [2.75, 3.05) is 0 Å². The summed E-state index contributed by atoms with van der Waals surface area (Å²) in [6.07, 6.45) is 5.30. The summed E-state index contributed by atoms with van der Waals surface area (Å²) in [6, 6.07) is 7.53. The van der Waals surface area contributed by atoms with Crippen LogP contribution in [0.2, 0.25) is 0 Å². The number of aryl methyl sites for hydroxylation is 1. The zero-order valence-electron chi connectivity index (χ0n) is 14.4. The van der Waals surface area contributed by atoms with E-state index in [-0.39, 0.29) is 17.5 Å². The summed E-state index contributed by atoms with van der Waals surface area (Å²) in [7, 11) is 0. The standard InChI is InChI=1S/C19H25N3O2/c1-13-6-5-9-16(14(13)2)21-18(23)10-11-22-12-20-17-8-4-3-7-15(17)19(22)24/h3-4,7-8,12-14,16H,5-6,9-11H2,1-2H3,(H,21,23). The Bertz CT molecular complexity index is 784. The van der Waals surface area contributed by atoms with Crippen LogP contribution in [0.4, 0.5) is 0 Å². The molecule has 1 aromatic carbocycles. The van der Waals surface area contributed by atoms with Crippen LogP contribution in [0.25, 0.3) is 10.9 Å². The SMILES string of the molecule is CC1CCCC(NC(=O)CCn2cnc3ccccc3c2=O)C1C. The van der Waals surface area contributed by atoms with Crippen LogP contribution in [-0.4, -0.2) is 21.5 Å². The number of para-hydroxylation sites is 1. The molecule has 3 unspecified atom stereocenters. The van der Waals surface area contributed by atoms with Gasteiger partial charge in [0.2, 0.25) is 5.91 Å². The molecule has 1 aromatic heterocycles. The van der Waals surface area contributed by atoms with Crippen molar-refractivity contribution < 1.29 is 4.79 Å². The fourth-order valence-corrected chi connectivity index (χ4v) is 3.55. The smallest absolute Gasteiger partial charge is 0.261 e. The van der Waals surface area contributed by atoms with Crippen molar-refractivity contribution in [3.8, 4) is 0 Å². The van der Waals surface area contributed by atoms with E-state index < -0.39 is 0 Å². The summed E-state index contributed by atoms with van der Waals surface area (Å²) in [5.41, 5.74) is 0.598. The summed E-state index contributed by atoms with van der Waals surface area (Å²) in [5, 5.41) is 3.74. The molecule has 5 nitrogen and oxygen atoms in total. The van der Waals surface area contributed by atoms with Gasteiger partial charge < -0.3 is 5.32 Å². The first-order valence-corrected chi connectivity index (χ1v) is 8.80. The number of amides is 1. The van der Waals surface area contributed by atoms with Gasteiger partial charge in [0.1, 0.15) is 0 Å². The van der Waals surface area contributed by atoms with Crippen molar-refractivity contribution in [3.05, 3.63) is 40.9 Å². The number of hydrogen-bond donors (Lipinski definition) is 1.